The molecule has 84 valence electrons. The van der Waals surface area contributed by atoms with E-state index in [4.69, 9.17) is 0 Å². The summed E-state index contributed by atoms with van der Waals surface area (Å²) in [5.74, 6) is 0.0969. The Labute approximate surface area is 91.5 Å². The zero-order chi connectivity index (χ0) is 10.7. The predicted molar refractivity (Wildman–Crippen MR) is 60.5 cm³/mol. The van der Waals surface area contributed by atoms with Gasteiger partial charge in [-0.15, -0.1) is 0 Å². The Morgan fingerprint density at radius 2 is 2.20 bits per heavy atom. The van der Waals surface area contributed by atoms with E-state index in [1.165, 1.54) is 25.3 Å². The highest BCUT2D eigenvalue weighted by molar-refractivity contribution is 5.87. The fourth-order valence-corrected chi connectivity index (χ4v) is 2.90. The molecule has 3 nitrogen and oxygen atoms in total. The highest BCUT2D eigenvalue weighted by Crippen LogP contribution is 2.35. The first-order valence-corrected chi connectivity index (χ1v) is 5.88. The first-order chi connectivity index (χ1) is 7.26. The molecule has 3 heteroatoms. The van der Waals surface area contributed by atoms with Gasteiger partial charge >= 0.3 is 0 Å². The van der Waals surface area contributed by atoms with E-state index < -0.39 is 0 Å². The average Bonchev–Trinajstić information content (AvgIpc) is 2.29. The zero-order valence-corrected chi connectivity index (χ0v) is 9.30. The third kappa shape index (κ3) is 2.23. The molecule has 15 heavy (non-hydrogen) atoms. The van der Waals surface area contributed by atoms with Crippen LogP contribution in [-0.4, -0.2) is 37.0 Å². The Kier molecular flexibility index (Phi) is 3.10. The molecule has 0 aromatic carbocycles. The van der Waals surface area contributed by atoms with Gasteiger partial charge in [0, 0.05) is 25.0 Å². The van der Waals surface area contributed by atoms with Gasteiger partial charge in [-0.05, 0) is 38.3 Å². The molecule has 1 N–H and O–H groups in total. The summed E-state index contributed by atoms with van der Waals surface area (Å²) in [6.07, 6.45) is 6.36. The lowest BCUT2D eigenvalue weighted by Gasteiger charge is -2.45. The van der Waals surface area contributed by atoms with Crippen molar-refractivity contribution in [3.8, 4) is 0 Å². The summed E-state index contributed by atoms with van der Waals surface area (Å²) in [6.45, 7) is 7.61. The number of hydrogen-bond acceptors (Lipinski definition) is 2. The van der Waals surface area contributed by atoms with Crippen molar-refractivity contribution in [3.05, 3.63) is 12.7 Å². The van der Waals surface area contributed by atoms with Crippen LogP contribution in [0.15, 0.2) is 12.7 Å². The van der Waals surface area contributed by atoms with Crippen molar-refractivity contribution in [1.82, 2.24) is 10.2 Å². The summed E-state index contributed by atoms with van der Waals surface area (Å²) < 4.78 is 0. The van der Waals surface area contributed by atoms with E-state index >= 15 is 0 Å². The molecular formula is C12H20N2O. The first kappa shape index (κ1) is 10.7. The minimum absolute atomic E-state index is 0.0969. The number of hydrogen-bond donors (Lipinski definition) is 1. The summed E-state index contributed by atoms with van der Waals surface area (Å²) in [4.78, 5) is 13.5. The maximum atomic E-state index is 11.6. The van der Waals surface area contributed by atoms with Crippen LogP contribution >= 0.6 is 0 Å². The minimum Gasteiger partial charge on any atom is -0.339 e. The number of piperidine rings is 2. The van der Waals surface area contributed by atoms with Crippen molar-refractivity contribution in [2.75, 3.05) is 26.2 Å². The molecule has 0 aliphatic carbocycles. The van der Waals surface area contributed by atoms with E-state index in [9.17, 15) is 4.79 Å². The monoisotopic (exact) mass is 208 g/mol. The molecule has 1 unspecified atom stereocenters. The van der Waals surface area contributed by atoms with E-state index in [1.807, 2.05) is 4.90 Å². The average molecular weight is 208 g/mol. The lowest BCUT2D eigenvalue weighted by atomic mass is 9.74. The van der Waals surface area contributed by atoms with Gasteiger partial charge in [0.2, 0.25) is 5.91 Å². The number of likely N-dealkylation sites (tertiary alicyclic amines) is 1. The smallest absolute Gasteiger partial charge is 0.245 e. The molecule has 2 aliphatic heterocycles. The molecule has 1 atom stereocenters. The van der Waals surface area contributed by atoms with E-state index in [0.29, 0.717) is 5.41 Å². The van der Waals surface area contributed by atoms with E-state index in [0.717, 1.165) is 32.6 Å². The molecule has 2 heterocycles. The van der Waals surface area contributed by atoms with Crippen LogP contribution in [0.5, 0.6) is 0 Å². The molecule has 0 saturated carbocycles. The summed E-state index contributed by atoms with van der Waals surface area (Å²) in [5.41, 5.74) is 0.356. The zero-order valence-electron chi connectivity index (χ0n) is 9.30. The van der Waals surface area contributed by atoms with Gasteiger partial charge in [0.05, 0.1) is 0 Å². The normalized spacial score (nSPS) is 31.6. The maximum absolute atomic E-state index is 11.6. The van der Waals surface area contributed by atoms with E-state index in [1.54, 1.807) is 0 Å². The Hall–Kier alpha value is -0.830. The first-order valence-electron chi connectivity index (χ1n) is 5.88. The molecule has 2 fully saturated rings. The SMILES string of the molecule is C=CC(=O)N1CCCC2(CCCNC2)C1. The molecule has 2 rings (SSSR count). The molecule has 0 radical (unpaired) electrons. The Balaban J connectivity index is 2.02. The minimum atomic E-state index is 0.0969. The largest absolute Gasteiger partial charge is 0.339 e. The molecule has 2 saturated heterocycles. The molecule has 0 aromatic rings. The molecule has 0 bridgehead atoms. The third-order valence-corrected chi connectivity index (χ3v) is 3.71. The van der Waals surface area contributed by atoms with Crippen LogP contribution in [0.4, 0.5) is 0 Å². The summed E-state index contributed by atoms with van der Waals surface area (Å²) in [6, 6.07) is 0. The van der Waals surface area contributed by atoms with Crippen molar-refractivity contribution in [2.24, 2.45) is 5.41 Å². The van der Waals surface area contributed by atoms with Crippen molar-refractivity contribution in [1.29, 1.82) is 0 Å². The van der Waals surface area contributed by atoms with Gasteiger partial charge in [0.25, 0.3) is 0 Å². The molecular weight excluding hydrogens is 188 g/mol. The second-order valence-corrected chi connectivity index (χ2v) is 4.85. The number of nitrogens with zero attached hydrogens (tertiary/aromatic N) is 1. The van der Waals surface area contributed by atoms with E-state index in [-0.39, 0.29) is 5.91 Å². The summed E-state index contributed by atoms with van der Waals surface area (Å²) in [7, 11) is 0. The second-order valence-electron chi connectivity index (χ2n) is 4.85. The van der Waals surface area contributed by atoms with Crippen LogP contribution in [0.3, 0.4) is 0 Å². The van der Waals surface area contributed by atoms with Crippen molar-refractivity contribution in [3.63, 3.8) is 0 Å². The Morgan fingerprint density at radius 3 is 2.87 bits per heavy atom. The number of amides is 1. The fraction of sp³-hybridized carbons (Fsp3) is 0.750. The van der Waals surface area contributed by atoms with Gasteiger partial charge < -0.3 is 10.2 Å². The lowest BCUT2D eigenvalue weighted by Crippen LogP contribution is -2.52. The summed E-state index contributed by atoms with van der Waals surface area (Å²) >= 11 is 0. The van der Waals surface area contributed by atoms with Crippen molar-refractivity contribution in [2.45, 2.75) is 25.7 Å². The van der Waals surface area contributed by atoms with Crippen LogP contribution in [0.25, 0.3) is 0 Å². The van der Waals surface area contributed by atoms with Crippen LogP contribution in [-0.2, 0) is 4.79 Å². The Bertz CT molecular complexity index is 251. The second kappa shape index (κ2) is 4.35. The number of rotatable bonds is 1. The van der Waals surface area contributed by atoms with Gasteiger partial charge in [-0.25, -0.2) is 0 Å². The number of nitrogens with one attached hydrogen (secondary N) is 1. The van der Waals surface area contributed by atoms with Gasteiger partial charge in [-0.2, -0.15) is 0 Å². The molecule has 1 amide bonds. The van der Waals surface area contributed by atoms with Crippen LogP contribution in [0.2, 0.25) is 0 Å². The van der Waals surface area contributed by atoms with Crippen LogP contribution < -0.4 is 5.32 Å². The van der Waals surface area contributed by atoms with Gasteiger partial charge in [0.15, 0.2) is 0 Å². The predicted octanol–water partition coefficient (Wildman–Crippen LogP) is 1.16. The topological polar surface area (TPSA) is 32.3 Å². The van der Waals surface area contributed by atoms with Gasteiger partial charge in [-0.1, -0.05) is 6.58 Å². The summed E-state index contributed by atoms with van der Waals surface area (Å²) in [5, 5.41) is 3.46. The molecule has 0 aromatic heterocycles. The highest BCUT2D eigenvalue weighted by Gasteiger charge is 2.37. The van der Waals surface area contributed by atoms with Crippen LogP contribution in [0.1, 0.15) is 25.7 Å². The standard InChI is InChI=1S/C12H20N2O/c1-2-11(15)14-8-4-6-12(10-14)5-3-7-13-9-12/h2,13H,1,3-10H2. The van der Waals surface area contributed by atoms with E-state index in [2.05, 4.69) is 11.9 Å². The fourth-order valence-electron chi connectivity index (χ4n) is 2.90. The quantitative estimate of drug-likeness (QED) is 0.656. The van der Waals surface area contributed by atoms with Gasteiger partial charge in [-0.3, -0.25) is 4.79 Å². The number of carbonyl (C=O) groups excluding carboxylic acids is 1. The Morgan fingerprint density at radius 1 is 1.40 bits per heavy atom. The van der Waals surface area contributed by atoms with Crippen LogP contribution in [0, 0.1) is 5.41 Å². The van der Waals surface area contributed by atoms with Crippen molar-refractivity contribution >= 4 is 5.91 Å². The maximum Gasteiger partial charge on any atom is 0.245 e. The van der Waals surface area contributed by atoms with Crippen molar-refractivity contribution < 1.29 is 4.79 Å². The third-order valence-electron chi connectivity index (χ3n) is 3.71. The molecule has 2 aliphatic rings. The van der Waals surface area contributed by atoms with Gasteiger partial charge in [0.1, 0.15) is 0 Å². The number of carbonyl (C=O) groups is 1. The molecule has 1 spiro atoms. The lowest BCUT2D eigenvalue weighted by molar-refractivity contribution is -0.129. The highest BCUT2D eigenvalue weighted by atomic mass is 16.2.